The molecule has 3 aromatic carbocycles. The lowest BCUT2D eigenvalue weighted by molar-refractivity contribution is 0.102. The highest BCUT2D eigenvalue weighted by atomic mass is 35.5. The van der Waals surface area contributed by atoms with Crippen molar-refractivity contribution >= 4 is 45.7 Å². The number of fused-ring (bicyclic) bond motifs is 1. The summed E-state index contributed by atoms with van der Waals surface area (Å²) in [6.07, 6.45) is 0. The predicted octanol–water partition coefficient (Wildman–Crippen LogP) is 7.39. The summed E-state index contributed by atoms with van der Waals surface area (Å²) in [4.78, 5) is 18.2. The maximum Gasteiger partial charge on any atom is 0.256 e. The highest BCUT2D eigenvalue weighted by molar-refractivity contribution is 6.36. The molecule has 5 heteroatoms. The number of pyridine rings is 1. The van der Waals surface area contributed by atoms with Gasteiger partial charge in [0.1, 0.15) is 0 Å². The van der Waals surface area contributed by atoms with Crippen LogP contribution >= 0.6 is 23.2 Å². The number of carbonyl (C=O) groups excluding carboxylic acids is 1. The maximum atomic E-state index is 13.3. The van der Waals surface area contributed by atoms with Crippen LogP contribution in [0.1, 0.15) is 27.0 Å². The SMILES string of the molecule is Cc1cc(C)c2nc(-c3ccc(Cl)cc3Cl)cc(C(=O)Nc3ccccc3C)c2c1. The maximum absolute atomic E-state index is 13.3. The van der Waals surface area contributed by atoms with Crippen LogP contribution in [-0.2, 0) is 0 Å². The van der Waals surface area contributed by atoms with E-state index in [9.17, 15) is 4.79 Å². The number of carbonyl (C=O) groups is 1. The zero-order valence-electron chi connectivity index (χ0n) is 16.9. The number of benzene rings is 3. The summed E-state index contributed by atoms with van der Waals surface area (Å²) < 4.78 is 0. The molecular weight excluding hydrogens is 415 g/mol. The van der Waals surface area contributed by atoms with Crippen molar-refractivity contribution in [3.05, 3.63) is 93.0 Å². The van der Waals surface area contributed by atoms with Gasteiger partial charge < -0.3 is 5.32 Å². The summed E-state index contributed by atoms with van der Waals surface area (Å²) in [5.74, 6) is -0.187. The summed E-state index contributed by atoms with van der Waals surface area (Å²) in [5.41, 5.74) is 6.54. The Labute approximate surface area is 185 Å². The van der Waals surface area contributed by atoms with Gasteiger partial charge in [0.05, 0.1) is 21.8 Å². The quantitative estimate of drug-likeness (QED) is 0.365. The molecule has 4 rings (SSSR count). The van der Waals surface area contributed by atoms with E-state index in [0.717, 1.165) is 38.8 Å². The number of anilines is 1. The molecule has 4 aromatic rings. The number of aromatic nitrogens is 1. The predicted molar refractivity (Wildman–Crippen MR) is 126 cm³/mol. The number of aryl methyl sites for hydroxylation is 3. The lowest BCUT2D eigenvalue weighted by Gasteiger charge is -2.14. The molecule has 0 spiro atoms. The summed E-state index contributed by atoms with van der Waals surface area (Å²) in [5, 5.41) is 4.89. The van der Waals surface area contributed by atoms with Crippen LogP contribution in [0.25, 0.3) is 22.2 Å². The fourth-order valence-electron chi connectivity index (χ4n) is 3.61. The third-order valence-corrected chi connectivity index (χ3v) is 5.64. The van der Waals surface area contributed by atoms with Crippen LogP contribution < -0.4 is 5.32 Å². The minimum Gasteiger partial charge on any atom is -0.322 e. The van der Waals surface area contributed by atoms with Crippen LogP contribution in [0.5, 0.6) is 0 Å². The molecule has 1 N–H and O–H groups in total. The van der Waals surface area contributed by atoms with Gasteiger partial charge in [-0.2, -0.15) is 0 Å². The number of hydrogen-bond donors (Lipinski definition) is 1. The second kappa shape index (κ2) is 8.10. The zero-order chi connectivity index (χ0) is 21.4. The molecule has 0 saturated carbocycles. The molecule has 3 nitrogen and oxygen atoms in total. The number of rotatable bonds is 3. The second-order valence-corrected chi connectivity index (χ2v) is 8.27. The largest absolute Gasteiger partial charge is 0.322 e. The Hall–Kier alpha value is -2.88. The first-order chi connectivity index (χ1) is 14.3. The van der Waals surface area contributed by atoms with Crippen molar-refractivity contribution < 1.29 is 4.79 Å². The molecule has 1 aromatic heterocycles. The third kappa shape index (κ3) is 3.91. The fourth-order valence-corrected chi connectivity index (χ4v) is 4.11. The number of amides is 1. The molecule has 30 heavy (non-hydrogen) atoms. The molecule has 150 valence electrons. The van der Waals surface area contributed by atoms with Crippen molar-refractivity contribution in [1.29, 1.82) is 0 Å². The van der Waals surface area contributed by atoms with Gasteiger partial charge in [-0.1, -0.05) is 53.0 Å². The third-order valence-electron chi connectivity index (χ3n) is 5.09. The Morgan fingerprint density at radius 1 is 0.900 bits per heavy atom. The summed E-state index contributed by atoms with van der Waals surface area (Å²) in [7, 11) is 0. The van der Waals surface area contributed by atoms with Crippen molar-refractivity contribution in [2.24, 2.45) is 0 Å². The summed E-state index contributed by atoms with van der Waals surface area (Å²) >= 11 is 12.5. The lowest BCUT2D eigenvalue weighted by atomic mass is 9.99. The standard InChI is InChI=1S/C25H20Cl2N2O/c1-14-10-16(3)24-19(11-14)20(25(30)29-22-7-5-4-6-15(22)2)13-23(28-24)18-9-8-17(26)12-21(18)27/h4-13H,1-3H3,(H,29,30). The van der Waals surface area contributed by atoms with E-state index in [4.69, 9.17) is 28.2 Å². The van der Waals surface area contributed by atoms with E-state index in [1.807, 2.05) is 57.2 Å². The molecule has 0 radical (unpaired) electrons. The van der Waals surface area contributed by atoms with Gasteiger partial charge >= 0.3 is 0 Å². The molecule has 0 aliphatic heterocycles. The van der Waals surface area contributed by atoms with Gasteiger partial charge in [0, 0.05) is 21.7 Å². The molecular formula is C25H20Cl2N2O. The topological polar surface area (TPSA) is 42.0 Å². The van der Waals surface area contributed by atoms with Gasteiger partial charge in [-0.15, -0.1) is 0 Å². The van der Waals surface area contributed by atoms with Gasteiger partial charge in [-0.05, 0) is 68.3 Å². The van der Waals surface area contributed by atoms with Crippen molar-refractivity contribution in [1.82, 2.24) is 4.98 Å². The van der Waals surface area contributed by atoms with E-state index in [1.54, 1.807) is 18.2 Å². The van der Waals surface area contributed by atoms with Crippen molar-refractivity contribution in [2.45, 2.75) is 20.8 Å². The van der Waals surface area contributed by atoms with Crippen LogP contribution in [0, 0.1) is 20.8 Å². The molecule has 0 unspecified atom stereocenters. The average molecular weight is 435 g/mol. The monoisotopic (exact) mass is 434 g/mol. The molecule has 0 saturated heterocycles. The van der Waals surface area contributed by atoms with Crippen molar-refractivity contribution in [3.63, 3.8) is 0 Å². The Morgan fingerprint density at radius 3 is 2.40 bits per heavy atom. The molecule has 1 amide bonds. The van der Waals surface area contributed by atoms with Crippen molar-refractivity contribution in [2.75, 3.05) is 5.32 Å². The highest BCUT2D eigenvalue weighted by Gasteiger charge is 2.18. The van der Waals surface area contributed by atoms with E-state index in [-0.39, 0.29) is 5.91 Å². The first kappa shape index (κ1) is 20.4. The summed E-state index contributed by atoms with van der Waals surface area (Å²) in [6, 6.07) is 18.8. The van der Waals surface area contributed by atoms with E-state index >= 15 is 0 Å². The van der Waals surface area contributed by atoms with Crippen LogP contribution in [0.15, 0.2) is 60.7 Å². The Morgan fingerprint density at radius 2 is 1.67 bits per heavy atom. The Bertz CT molecular complexity index is 1300. The fraction of sp³-hybridized carbons (Fsp3) is 0.120. The molecule has 0 aliphatic rings. The van der Waals surface area contributed by atoms with Gasteiger partial charge in [0.15, 0.2) is 0 Å². The molecule has 0 aliphatic carbocycles. The number of hydrogen-bond acceptors (Lipinski definition) is 2. The van der Waals surface area contributed by atoms with E-state index in [2.05, 4.69) is 11.4 Å². The molecule has 0 bridgehead atoms. The molecule has 0 atom stereocenters. The van der Waals surface area contributed by atoms with E-state index in [0.29, 0.717) is 21.3 Å². The first-order valence-electron chi connectivity index (χ1n) is 9.58. The van der Waals surface area contributed by atoms with Crippen LogP contribution in [0.2, 0.25) is 10.0 Å². The normalized spacial score (nSPS) is 11.0. The van der Waals surface area contributed by atoms with E-state index in [1.165, 1.54) is 0 Å². The highest BCUT2D eigenvalue weighted by Crippen LogP contribution is 2.33. The van der Waals surface area contributed by atoms with Gasteiger partial charge in [0.25, 0.3) is 5.91 Å². The lowest BCUT2D eigenvalue weighted by Crippen LogP contribution is -2.14. The van der Waals surface area contributed by atoms with Gasteiger partial charge in [0.2, 0.25) is 0 Å². The number of halogens is 2. The Balaban J connectivity index is 1.92. The first-order valence-corrected chi connectivity index (χ1v) is 10.3. The number of nitrogens with zero attached hydrogens (tertiary/aromatic N) is 1. The smallest absolute Gasteiger partial charge is 0.256 e. The van der Waals surface area contributed by atoms with Gasteiger partial charge in [-0.3, -0.25) is 4.79 Å². The van der Waals surface area contributed by atoms with Crippen LogP contribution in [0.3, 0.4) is 0 Å². The Kier molecular flexibility index (Phi) is 5.50. The number of para-hydroxylation sites is 1. The molecule has 0 fully saturated rings. The average Bonchev–Trinajstić information content (AvgIpc) is 2.69. The minimum absolute atomic E-state index is 0.187. The molecule has 1 heterocycles. The summed E-state index contributed by atoms with van der Waals surface area (Å²) in [6.45, 7) is 5.98. The van der Waals surface area contributed by atoms with Crippen LogP contribution in [0.4, 0.5) is 5.69 Å². The van der Waals surface area contributed by atoms with Crippen molar-refractivity contribution in [3.8, 4) is 11.3 Å². The number of nitrogens with one attached hydrogen (secondary N) is 1. The van der Waals surface area contributed by atoms with Crippen LogP contribution in [-0.4, -0.2) is 10.9 Å². The minimum atomic E-state index is -0.187. The second-order valence-electron chi connectivity index (χ2n) is 7.43. The van der Waals surface area contributed by atoms with E-state index < -0.39 is 0 Å². The van der Waals surface area contributed by atoms with Gasteiger partial charge in [-0.25, -0.2) is 4.98 Å². The zero-order valence-corrected chi connectivity index (χ0v) is 18.4.